The highest BCUT2D eigenvalue weighted by Crippen LogP contribution is 2.45. The van der Waals surface area contributed by atoms with E-state index >= 15 is 0 Å². The van der Waals surface area contributed by atoms with E-state index in [0.29, 0.717) is 4.90 Å². The van der Waals surface area contributed by atoms with Crippen LogP contribution in [0.15, 0.2) is 34.0 Å². The summed E-state index contributed by atoms with van der Waals surface area (Å²) in [7, 11) is 0. The number of amides is 2. The topological polar surface area (TPSA) is 131 Å². The molecule has 2 aromatic rings. The zero-order valence-corrected chi connectivity index (χ0v) is 16.1. The molecule has 1 fully saturated rings. The molecule has 12 heteroatoms. The maximum Gasteiger partial charge on any atom is 0.419 e. The number of aromatic nitrogens is 1. The molecule has 0 unspecified atom stereocenters. The molecule has 0 radical (unpaired) electrons. The monoisotopic (exact) mass is 438 g/mol. The number of amidine groups is 1. The molecule has 1 aromatic carbocycles. The lowest BCUT2D eigenvalue weighted by molar-refractivity contribution is -0.117. The molecule has 1 aliphatic heterocycles. The number of hydrogen-bond acceptors (Lipinski definition) is 7. The molecule has 4 rings (SSSR count). The average Bonchev–Trinajstić information content (AvgIpc) is 3.42. The zero-order chi connectivity index (χ0) is 22.6. The molecule has 0 saturated heterocycles. The molecule has 1 aliphatic carbocycles. The van der Waals surface area contributed by atoms with Gasteiger partial charge in [0.25, 0.3) is 11.9 Å². The molecule has 2 amide bonds. The largest absolute Gasteiger partial charge is 0.464 e. The zero-order valence-electron chi connectivity index (χ0n) is 16.1. The lowest BCUT2D eigenvalue weighted by Gasteiger charge is -2.37. The van der Waals surface area contributed by atoms with Crippen molar-refractivity contribution in [2.75, 3.05) is 11.5 Å². The van der Waals surface area contributed by atoms with E-state index in [-0.39, 0.29) is 23.1 Å². The summed E-state index contributed by atoms with van der Waals surface area (Å²) in [6.45, 7) is -0.200. The molecule has 0 spiro atoms. The Morgan fingerprint density at radius 2 is 2.03 bits per heavy atom. The van der Waals surface area contributed by atoms with E-state index < -0.39 is 47.5 Å². The minimum absolute atomic E-state index is 0.0435. The number of aliphatic imine (C=N–C) groups is 1. The first-order valence-corrected chi connectivity index (χ1v) is 9.22. The van der Waals surface area contributed by atoms with Crippen molar-refractivity contribution in [1.29, 1.82) is 0 Å². The van der Waals surface area contributed by atoms with Gasteiger partial charge in [-0.3, -0.25) is 4.79 Å². The number of ether oxygens (including phenoxy) is 1. The van der Waals surface area contributed by atoms with Crippen LogP contribution < -0.4 is 10.6 Å². The van der Waals surface area contributed by atoms with Crippen molar-refractivity contribution >= 4 is 23.7 Å². The molecule has 2 heterocycles. The number of carbonyl (C=O) groups is 2. The second kappa shape index (κ2) is 7.00. The molecule has 1 atom stereocenters. The van der Waals surface area contributed by atoms with Gasteiger partial charge >= 0.3 is 12.0 Å². The summed E-state index contributed by atoms with van der Waals surface area (Å²) in [6.07, 6.45) is 0.841. The van der Waals surface area contributed by atoms with Gasteiger partial charge in [0.2, 0.25) is 0 Å². The Morgan fingerprint density at radius 1 is 1.32 bits per heavy atom. The number of hydrogen-bond donors (Lipinski definition) is 2. The number of imide groups is 1. The van der Waals surface area contributed by atoms with Crippen LogP contribution in [0.1, 0.15) is 47.5 Å². The first-order chi connectivity index (χ1) is 14.5. The molecular formula is C19H17F3N4O5. The second-order valence-electron chi connectivity index (χ2n) is 7.44. The van der Waals surface area contributed by atoms with E-state index in [1.165, 1.54) is 0 Å². The Morgan fingerprint density at radius 3 is 2.68 bits per heavy atom. The number of alkyl halides is 2. The first-order valence-electron chi connectivity index (χ1n) is 9.22. The number of carbonyl (C=O) groups excluding carboxylic acids is 1. The molecule has 1 aromatic heterocycles. The average molecular weight is 438 g/mol. The second-order valence-corrected chi connectivity index (χ2v) is 7.44. The summed E-state index contributed by atoms with van der Waals surface area (Å²) >= 11 is 0. The highest BCUT2D eigenvalue weighted by atomic mass is 19.3. The lowest BCUT2D eigenvalue weighted by Crippen LogP contribution is -2.51. The molecule has 0 bridgehead atoms. The number of nitrogens with two attached hydrogens (primary N) is 1. The van der Waals surface area contributed by atoms with Gasteiger partial charge in [0.15, 0.2) is 24.2 Å². The summed E-state index contributed by atoms with van der Waals surface area (Å²) in [4.78, 5) is 32.5. The molecule has 9 nitrogen and oxygen atoms in total. The van der Waals surface area contributed by atoms with E-state index in [0.717, 1.165) is 44.4 Å². The molecule has 2 aliphatic rings. The predicted molar refractivity (Wildman–Crippen MR) is 99.6 cm³/mol. The van der Waals surface area contributed by atoms with Gasteiger partial charge in [-0.2, -0.15) is 8.78 Å². The van der Waals surface area contributed by atoms with E-state index in [1.54, 1.807) is 0 Å². The summed E-state index contributed by atoms with van der Waals surface area (Å²) in [5, 5.41) is 9.66. The Bertz CT molecular complexity index is 1100. The van der Waals surface area contributed by atoms with Crippen LogP contribution in [0, 0.1) is 5.82 Å². The van der Waals surface area contributed by atoms with E-state index in [9.17, 15) is 27.9 Å². The summed E-state index contributed by atoms with van der Waals surface area (Å²) < 4.78 is 53.7. The quantitative estimate of drug-likeness (QED) is 0.749. The van der Waals surface area contributed by atoms with Crippen LogP contribution in [0.3, 0.4) is 0 Å². The van der Waals surface area contributed by atoms with Gasteiger partial charge in [-0.1, -0.05) is 0 Å². The van der Waals surface area contributed by atoms with Crippen molar-refractivity contribution in [2.24, 2.45) is 10.7 Å². The van der Waals surface area contributed by atoms with Crippen molar-refractivity contribution in [3.63, 3.8) is 0 Å². The van der Waals surface area contributed by atoms with Crippen molar-refractivity contribution < 1.29 is 37.0 Å². The van der Waals surface area contributed by atoms with Crippen LogP contribution in [0.2, 0.25) is 0 Å². The highest BCUT2D eigenvalue weighted by molar-refractivity contribution is 6.18. The lowest BCUT2D eigenvalue weighted by atomic mass is 9.85. The van der Waals surface area contributed by atoms with Crippen molar-refractivity contribution in [1.82, 2.24) is 4.98 Å². The fourth-order valence-electron chi connectivity index (χ4n) is 3.39. The maximum absolute atomic E-state index is 14.6. The molecule has 164 valence electrons. The normalized spacial score (nSPS) is 22.4. The Kier molecular flexibility index (Phi) is 4.67. The summed E-state index contributed by atoms with van der Waals surface area (Å²) in [5.74, 6) is -5.59. The summed E-state index contributed by atoms with van der Waals surface area (Å²) in [5.41, 5.74) is 1.71. The number of benzene rings is 1. The minimum Gasteiger partial charge on any atom is -0.464 e. The van der Waals surface area contributed by atoms with Crippen LogP contribution in [-0.2, 0) is 10.3 Å². The molecule has 3 N–H and O–H groups in total. The standard InChI is InChI=1S/C19H17F3N4O5/c1-18(19(21,22)7-30-16(23)25-18)11-6-10(4-5-12(11)20)26(17(28)29)15(27)13-14(9-2-3-9)31-8-24-13/h4-6,8-9H,2-3,7H2,1H3,(H2,23,25)(H,28,29)/t18-/m1/s1. The SMILES string of the molecule is C[C@]1(c2cc(N(C(=O)O)C(=O)c3ncoc3C3CC3)ccc2F)N=C(N)OCC1(F)F. The third-order valence-electron chi connectivity index (χ3n) is 5.32. The summed E-state index contributed by atoms with van der Waals surface area (Å²) in [6, 6.07) is 2.02. The van der Waals surface area contributed by atoms with Gasteiger partial charge in [-0.15, -0.1) is 0 Å². The third kappa shape index (κ3) is 3.37. The highest BCUT2D eigenvalue weighted by Gasteiger charge is 2.56. The van der Waals surface area contributed by atoms with Gasteiger partial charge < -0.3 is 20.0 Å². The van der Waals surface area contributed by atoms with Crippen LogP contribution in [0.5, 0.6) is 0 Å². The number of nitrogens with zero attached hydrogens (tertiary/aromatic N) is 3. The first kappa shape index (κ1) is 20.7. The number of carboxylic acid groups (broad SMARTS) is 1. The third-order valence-corrected chi connectivity index (χ3v) is 5.32. The maximum atomic E-state index is 14.6. The van der Waals surface area contributed by atoms with Crippen molar-refractivity contribution in [3.05, 3.63) is 47.4 Å². The van der Waals surface area contributed by atoms with E-state index in [4.69, 9.17) is 10.2 Å². The van der Waals surface area contributed by atoms with Crippen molar-refractivity contribution in [2.45, 2.75) is 37.1 Å². The van der Waals surface area contributed by atoms with Crippen LogP contribution >= 0.6 is 0 Å². The number of rotatable bonds is 4. The van der Waals surface area contributed by atoms with Gasteiger partial charge in [-0.25, -0.2) is 24.1 Å². The van der Waals surface area contributed by atoms with Gasteiger partial charge in [-0.05, 0) is 38.0 Å². The Balaban J connectivity index is 1.80. The Labute approximate surface area is 173 Å². The number of halogens is 3. The fourth-order valence-corrected chi connectivity index (χ4v) is 3.39. The molecule has 1 saturated carbocycles. The smallest absolute Gasteiger partial charge is 0.419 e. The van der Waals surface area contributed by atoms with Gasteiger partial charge in [0.05, 0.1) is 5.69 Å². The Hall–Kier alpha value is -3.57. The van der Waals surface area contributed by atoms with Crippen molar-refractivity contribution in [3.8, 4) is 0 Å². The van der Waals surface area contributed by atoms with E-state index in [1.807, 2.05) is 0 Å². The predicted octanol–water partition coefficient (Wildman–Crippen LogP) is 3.21. The van der Waals surface area contributed by atoms with Crippen LogP contribution in [0.25, 0.3) is 0 Å². The fraction of sp³-hybridized carbons (Fsp3) is 0.368. The molecule has 31 heavy (non-hydrogen) atoms. The minimum atomic E-state index is -3.67. The number of oxazole rings is 1. The van der Waals surface area contributed by atoms with Crippen LogP contribution in [0.4, 0.5) is 23.7 Å². The van der Waals surface area contributed by atoms with E-state index in [2.05, 4.69) is 14.7 Å². The van der Waals surface area contributed by atoms with Crippen LogP contribution in [-0.4, -0.2) is 40.6 Å². The van der Waals surface area contributed by atoms with Gasteiger partial charge in [0, 0.05) is 11.5 Å². The van der Waals surface area contributed by atoms with Gasteiger partial charge in [0.1, 0.15) is 11.6 Å². The number of anilines is 1. The molecular weight excluding hydrogens is 421 g/mol.